The van der Waals surface area contributed by atoms with Gasteiger partial charge in [0, 0.05) is 24.9 Å². The minimum atomic E-state index is -1.12. The molecule has 1 heterocycles. The highest BCUT2D eigenvalue weighted by molar-refractivity contribution is 5.87. The molecule has 0 saturated carbocycles. The largest absolute Gasteiger partial charge is 0.480 e. The highest BCUT2D eigenvalue weighted by Gasteiger charge is 2.43. The molecule has 0 spiro atoms. The van der Waals surface area contributed by atoms with Crippen LogP contribution in [0.5, 0.6) is 0 Å². The molecule has 2 unspecified atom stereocenters. The van der Waals surface area contributed by atoms with Crippen LogP contribution in [0.4, 0.5) is 4.79 Å². The van der Waals surface area contributed by atoms with Crippen molar-refractivity contribution in [1.29, 1.82) is 0 Å². The number of benzene rings is 2. The van der Waals surface area contributed by atoms with Crippen molar-refractivity contribution >= 4 is 18.0 Å². The number of nitrogens with one attached hydrogen (secondary N) is 1. The summed E-state index contributed by atoms with van der Waals surface area (Å²) in [4.78, 5) is 38.4. The van der Waals surface area contributed by atoms with Crippen LogP contribution in [-0.2, 0) is 14.3 Å². The monoisotopic (exact) mass is 478 g/mol. The van der Waals surface area contributed by atoms with E-state index in [4.69, 9.17) is 4.74 Å². The summed E-state index contributed by atoms with van der Waals surface area (Å²) < 4.78 is 5.60. The Bertz CT molecular complexity index is 1050. The molecule has 2 N–H and O–H groups in total. The molecule has 0 aromatic heterocycles. The third kappa shape index (κ3) is 5.19. The molecule has 2 aromatic carbocycles. The summed E-state index contributed by atoms with van der Waals surface area (Å²) in [6.45, 7) is 4.25. The molecule has 2 aromatic rings. The number of ether oxygens (including phenoxy) is 1. The molecule has 0 bridgehead atoms. The molecular weight excluding hydrogens is 444 g/mol. The lowest BCUT2D eigenvalue weighted by Crippen LogP contribution is -2.57. The van der Waals surface area contributed by atoms with Crippen molar-refractivity contribution in [3.63, 3.8) is 0 Å². The number of likely N-dealkylation sites (tertiary alicyclic amines) is 1. The van der Waals surface area contributed by atoms with Gasteiger partial charge in [-0.3, -0.25) is 4.79 Å². The zero-order valence-electron chi connectivity index (χ0n) is 20.5. The van der Waals surface area contributed by atoms with E-state index in [1.807, 2.05) is 31.2 Å². The van der Waals surface area contributed by atoms with Crippen molar-refractivity contribution in [2.24, 2.45) is 0 Å². The van der Waals surface area contributed by atoms with E-state index in [1.165, 1.54) is 27.2 Å². The van der Waals surface area contributed by atoms with Crippen LogP contribution in [-0.4, -0.2) is 52.7 Å². The molecular formula is C28H34N2O5. The number of amides is 2. The van der Waals surface area contributed by atoms with Gasteiger partial charge in [-0.15, -0.1) is 0 Å². The standard InChI is InChI=1S/C28H34N2O5/c1-19(10-9-15-25(31)30-17-8-7-16-28(30,2)26(32)33)29-27(34)35-18-24-22-13-5-3-11-20(22)21-12-4-6-14-23(21)24/h3-6,11-14,19,24H,7-10,15-18H2,1-2H3,(H,29,34)(H,32,33). The van der Waals surface area contributed by atoms with E-state index in [-0.39, 0.29) is 30.9 Å². The van der Waals surface area contributed by atoms with E-state index in [0.717, 1.165) is 12.8 Å². The van der Waals surface area contributed by atoms with Crippen LogP contribution in [0.3, 0.4) is 0 Å². The summed E-state index contributed by atoms with van der Waals surface area (Å²) >= 11 is 0. The van der Waals surface area contributed by atoms with Gasteiger partial charge in [0.05, 0.1) is 0 Å². The number of rotatable bonds is 8. The number of aliphatic carboxylic acids is 1. The first-order valence-corrected chi connectivity index (χ1v) is 12.5. The highest BCUT2D eigenvalue weighted by atomic mass is 16.5. The number of carboxylic acids is 1. The maximum atomic E-state index is 12.7. The van der Waals surface area contributed by atoms with Gasteiger partial charge >= 0.3 is 12.1 Å². The molecule has 1 fully saturated rings. The third-order valence-electron chi connectivity index (χ3n) is 7.39. The van der Waals surface area contributed by atoms with Gasteiger partial charge in [-0.25, -0.2) is 9.59 Å². The van der Waals surface area contributed by atoms with E-state index in [2.05, 4.69) is 29.6 Å². The zero-order valence-corrected chi connectivity index (χ0v) is 20.5. The van der Waals surface area contributed by atoms with E-state index in [9.17, 15) is 19.5 Å². The fourth-order valence-corrected chi connectivity index (χ4v) is 5.35. The second-order valence-electron chi connectivity index (χ2n) is 9.84. The van der Waals surface area contributed by atoms with Crippen LogP contribution in [0.25, 0.3) is 11.1 Å². The van der Waals surface area contributed by atoms with Crippen molar-refractivity contribution in [1.82, 2.24) is 10.2 Å². The van der Waals surface area contributed by atoms with Crippen LogP contribution in [0, 0.1) is 0 Å². The molecule has 7 heteroatoms. The Labute approximate surface area is 206 Å². The quantitative estimate of drug-likeness (QED) is 0.560. The molecule has 2 amide bonds. The van der Waals surface area contributed by atoms with Crippen molar-refractivity contribution in [3.8, 4) is 11.1 Å². The van der Waals surface area contributed by atoms with Gasteiger partial charge in [-0.1, -0.05) is 48.5 Å². The number of fused-ring (bicyclic) bond motifs is 3. The number of piperidine rings is 1. The fraction of sp³-hybridized carbons (Fsp3) is 0.464. The maximum Gasteiger partial charge on any atom is 0.407 e. The Hall–Kier alpha value is -3.35. The topological polar surface area (TPSA) is 95.9 Å². The van der Waals surface area contributed by atoms with Crippen LogP contribution in [0.2, 0.25) is 0 Å². The lowest BCUT2D eigenvalue weighted by Gasteiger charge is -2.41. The average Bonchev–Trinajstić information content (AvgIpc) is 3.16. The first-order chi connectivity index (χ1) is 16.8. The maximum absolute atomic E-state index is 12.7. The second kappa shape index (κ2) is 10.5. The summed E-state index contributed by atoms with van der Waals surface area (Å²) in [5.41, 5.74) is 3.57. The number of carboxylic acid groups (broad SMARTS) is 1. The Morgan fingerprint density at radius 3 is 2.34 bits per heavy atom. The molecule has 2 aliphatic rings. The molecule has 4 rings (SSSR count). The summed E-state index contributed by atoms with van der Waals surface area (Å²) in [6, 6.07) is 16.2. The Morgan fingerprint density at radius 1 is 1.09 bits per heavy atom. The summed E-state index contributed by atoms with van der Waals surface area (Å²) in [7, 11) is 0. The molecule has 0 radical (unpaired) electrons. The van der Waals surface area contributed by atoms with Crippen molar-refractivity contribution in [2.45, 2.75) is 69.9 Å². The Morgan fingerprint density at radius 2 is 1.71 bits per heavy atom. The van der Waals surface area contributed by atoms with Crippen molar-refractivity contribution < 1.29 is 24.2 Å². The fourth-order valence-electron chi connectivity index (χ4n) is 5.35. The minimum Gasteiger partial charge on any atom is -0.480 e. The number of alkyl carbamates (subject to hydrolysis) is 1. The molecule has 35 heavy (non-hydrogen) atoms. The van der Waals surface area contributed by atoms with Gasteiger partial charge in [0.2, 0.25) is 5.91 Å². The van der Waals surface area contributed by atoms with Crippen LogP contribution >= 0.6 is 0 Å². The van der Waals surface area contributed by atoms with E-state index >= 15 is 0 Å². The van der Waals surface area contributed by atoms with E-state index in [1.54, 1.807) is 6.92 Å². The highest BCUT2D eigenvalue weighted by Crippen LogP contribution is 2.44. The predicted molar refractivity (Wildman–Crippen MR) is 133 cm³/mol. The van der Waals surface area contributed by atoms with E-state index < -0.39 is 17.6 Å². The molecule has 1 saturated heterocycles. The Kier molecular flexibility index (Phi) is 7.43. The molecule has 1 aliphatic heterocycles. The van der Waals surface area contributed by atoms with Gasteiger partial charge in [0.1, 0.15) is 12.1 Å². The number of carbonyl (C=O) groups is 3. The van der Waals surface area contributed by atoms with Gasteiger partial charge in [0.25, 0.3) is 0 Å². The lowest BCUT2D eigenvalue weighted by molar-refractivity contribution is -0.161. The van der Waals surface area contributed by atoms with Gasteiger partial charge in [0.15, 0.2) is 0 Å². The smallest absolute Gasteiger partial charge is 0.407 e. The van der Waals surface area contributed by atoms with Crippen LogP contribution in [0.1, 0.15) is 69.4 Å². The first-order valence-electron chi connectivity index (χ1n) is 12.5. The van der Waals surface area contributed by atoms with Gasteiger partial charge < -0.3 is 20.1 Å². The summed E-state index contributed by atoms with van der Waals surface area (Å²) in [5, 5.41) is 12.5. The SMILES string of the molecule is CC(CCCC(=O)N1CCCCC1(C)C(=O)O)NC(=O)OCC1c2ccccc2-c2ccccc21. The van der Waals surface area contributed by atoms with E-state index in [0.29, 0.717) is 25.8 Å². The first kappa shape index (κ1) is 24.8. The predicted octanol–water partition coefficient (Wildman–Crippen LogP) is 4.94. The third-order valence-corrected chi connectivity index (χ3v) is 7.39. The normalized spacial score (nSPS) is 20.0. The summed E-state index contributed by atoms with van der Waals surface area (Å²) in [6.07, 6.45) is 3.08. The average molecular weight is 479 g/mol. The summed E-state index contributed by atoms with van der Waals surface area (Å²) in [5.74, 6) is -1.08. The van der Waals surface area contributed by atoms with Crippen molar-refractivity contribution in [2.75, 3.05) is 13.2 Å². The number of hydrogen-bond acceptors (Lipinski definition) is 4. The lowest BCUT2D eigenvalue weighted by atomic mass is 9.88. The number of nitrogens with zero attached hydrogens (tertiary/aromatic N) is 1. The van der Waals surface area contributed by atoms with Crippen LogP contribution < -0.4 is 5.32 Å². The Balaban J connectivity index is 1.24. The molecule has 186 valence electrons. The number of hydrogen-bond donors (Lipinski definition) is 2. The second-order valence-corrected chi connectivity index (χ2v) is 9.84. The minimum absolute atomic E-state index is 0.00849. The molecule has 1 aliphatic carbocycles. The molecule has 2 atom stereocenters. The van der Waals surface area contributed by atoms with Gasteiger partial charge in [-0.2, -0.15) is 0 Å². The zero-order chi connectivity index (χ0) is 25.0. The van der Waals surface area contributed by atoms with Gasteiger partial charge in [-0.05, 0) is 68.2 Å². The van der Waals surface area contributed by atoms with Crippen LogP contribution in [0.15, 0.2) is 48.5 Å². The molecule has 7 nitrogen and oxygen atoms in total. The number of carbonyl (C=O) groups excluding carboxylic acids is 2. The van der Waals surface area contributed by atoms with Crippen molar-refractivity contribution in [3.05, 3.63) is 59.7 Å².